The number of nitrogens with zero attached hydrogens (tertiary/aromatic N) is 3. The summed E-state index contributed by atoms with van der Waals surface area (Å²) in [5.41, 5.74) is 2.25. The third-order valence-electron chi connectivity index (χ3n) is 3.93. The average Bonchev–Trinajstić information content (AvgIpc) is 3.11. The number of carbonyl (C=O) groups excluding carboxylic acids is 1. The minimum absolute atomic E-state index is 0.0205. The Labute approximate surface area is 154 Å². The highest BCUT2D eigenvalue weighted by Gasteiger charge is 2.18. The molecule has 3 rings (SSSR count). The largest absolute Gasteiger partial charge is 0.341 e. The molecule has 0 aliphatic carbocycles. The Kier molecular flexibility index (Phi) is 5.38. The number of benzene rings is 2. The maximum absolute atomic E-state index is 12.5. The molecule has 1 aromatic heterocycles. The van der Waals surface area contributed by atoms with Gasteiger partial charge in [-0.05, 0) is 0 Å². The number of amides is 1. The van der Waals surface area contributed by atoms with E-state index >= 15 is 0 Å². The van der Waals surface area contributed by atoms with Crippen molar-refractivity contribution in [2.75, 3.05) is 7.05 Å². The summed E-state index contributed by atoms with van der Waals surface area (Å²) in [7, 11) is 1.64. The molecule has 0 aliphatic heterocycles. The second kappa shape index (κ2) is 7.88. The minimum Gasteiger partial charge on any atom is -0.341 e. The lowest BCUT2D eigenvalue weighted by molar-refractivity contribution is -0.385. The summed E-state index contributed by atoms with van der Waals surface area (Å²) in [4.78, 5) is 29.1. The number of hydrogen-bond acceptors (Lipinski definition) is 5. The summed E-state index contributed by atoms with van der Waals surface area (Å²) in [5, 5.41) is 13.8. The zero-order valence-corrected chi connectivity index (χ0v) is 15.0. The molecule has 132 valence electrons. The lowest BCUT2D eigenvalue weighted by Crippen LogP contribution is -2.28. The molecule has 0 bridgehead atoms. The van der Waals surface area contributed by atoms with E-state index in [-0.39, 0.29) is 24.6 Å². The fourth-order valence-corrected chi connectivity index (χ4v) is 3.38. The van der Waals surface area contributed by atoms with Gasteiger partial charge in [-0.2, -0.15) is 0 Å². The van der Waals surface area contributed by atoms with Crippen LogP contribution in [0.5, 0.6) is 0 Å². The number of nitro groups is 1. The van der Waals surface area contributed by atoms with E-state index in [1.54, 1.807) is 25.2 Å². The molecule has 0 fully saturated rings. The number of nitro benzene ring substituents is 1. The van der Waals surface area contributed by atoms with E-state index in [9.17, 15) is 14.9 Å². The average molecular weight is 367 g/mol. The Morgan fingerprint density at radius 3 is 2.58 bits per heavy atom. The number of carbonyl (C=O) groups is 1. The Bertz CT molecular complexity index is 925. The molecule has 7 heteroatoms. The lowest BCUT2D eigenvalue weighted by atomic mass is 10.1. The number of hydrogen-bond donors (Lipinski definition) is 0. The van der Waals surface area contributed by atoms with Crippen LogP contribution in [-0.2, 0) is 17.8 Å². The fourth-order valence-electron chi connectivity index (χ4n) is 2.56. The zero-order valence-electron chi connectivity index (χ0n) is 14.2. The molecule has 1 amide bonds. The number of para-hydroxylation sites is 1. The molecular formula is C19H17N3O3S. The molecule has 3 aromatic rings. The highest BCUT2D eigenvalue weighted by Crippen LogP contribution is 2.24. The molecule has 6 nitrogen and oxygen atoms in total. The molecular weight excluding hydrogens is 350 g/mol. The molecule has 0 aliphatic rings. The van der Waals surface area contributed by atoms with Crippen LogP contribution in [-0.4, -0.2) is 27.8 Å². The summed E-state index contributed by atoms with van der Waals surface area (Å²) in [6.07, 6.45) is 0.167. The summed E-state index contributed by atoms with van der Waals surface area (Å²) in [6, 6.07) is 16.2. The Morgan fingerprint density at radius 2 is 1.85 bits per heavy atom. The molecule has 0 spiro atoms. The maximum Gasteiger partial charge on any atom is 0.274 e. The van der Waals surface area contributed by atoms with Gasteiger partial charge in [0, 0.05) is 29.6 Å². The number of thiazole rings is 1. The van der Waals surface area contributed by atoms with Gasteiger partial charge < -0.3 is 4.90 Å². The third kappa shape index (κ3) is 4.12. The van der Waals surface area contributed by atoms with Crippen molar-refractivity contribution >= 4 is 22.9 Å². The van der Waals surface area contributed by atoms with Crippen LogP contribution in [0.15, 0.2) is 60.0 Å². The van der Waals surface area contributed by atoms with E-state index < -0.39 is 4.92 Å². The normalized spacial score (nSPS) is 10.5. The number of likely N-dealkylation sites (N-methyl/N-ethyl adjacent to an activating group) is 1. The first kappa shape index (κ1) is 17.8. The molecule has 1 heterocycles. The van der Waals surface area contributed by atoms with Gasteiger partial charge in [-0.3, -0.25) is 14.9 Å². The van der Waals surface area contributed by atoms with Crippen molar-refractivity contribution in [1.29, 1.82) is 0 Å². The standard InChI is InChI=1S/C19H17N3O3S/c1-21(12-15-9-5-6-10-17(15)22(24)25)18(23)11-16-13-26-19(20-16)14-7-3-2-4-8-14/h2-10,13H,11-12H2,1H3. The fraction of sp³-hybridized carbons (Fsp3) is 0.158. The monoisotopic (exact) mass is 367 g/mol. The Hall–Kier alpha value is -3.06. The van der Waals surface area contributed by atoms with E-state index in [0.29, 0.717) is 11.3 Å². The topological polar surface area (TPSA) is 76.3 Å². The van der Waals surface area contributed by atoms with Crippen LogP contribution in [0.4, 0.5) is 5.69 Å². The van der Waals surface area contributed by atoms with Crippen molar-refractivity contribution in [3.05, 3.63) is 81.3 Å². The zero-order chi connectivity index (χ0) is 18.5. The summed E-state index contributed by atoms with van der Waals surface area (Å²) in [6.45, 7) is 0.186. The van der Waals surface area contributed by atoms with E-state index in [1.807, 2.05) is 35.7 Å². The Morgan fingerprint density at radius 1 is 1.15 bits per heavy atom. The van der Waals surface area contributed by atoms with Crippen molar-refractivity contribution in [3.8, 4) is 10.6 Å². The van der Waals surface area contributed by atoms with E-state index in [0.717, 1.165) is 10.6 Å². The van der Waals surface area contributed by atoms with Crippen LogP contribution in [0.25, 0.3) is 10.6 Å². The van der Waals surface area contributed by atoms with Gasteiger partial charge in [-0.25, -0.2) is 4.98 Å². The lowest BCUT2D eigenvalue weighted by Gasteiger charge is -2.16. The van der Waals surface area contributed by atoms with Crippen LogP contribution in [0.3, 0.4) is 0 Å². The van der Waals surface area contributed by atoms with Gasteiger partial charge in [0.2, 0.25) is 5.91 Å². The van der Waals surface area contributed by atoms with E-state index in [1.165, 1.54) is 22.3 Å². The van der Waals surface area contributed by atoms with Crippen molar-refractivity contribution in [2.24, 2.45) is 0 Å². The van der Waals surface area contributed by atoms with Gasteiger partial charge >= 0.3 is 0 Å². The predicted octanol–water partition coefficient (Wildman–Crippen LogP) is 3.92. The first-order valence-electron chi connectivity index (χ1n) is 8.00. The predicted molar refractivity (Wildman–Crippen MR) is 101 cm³/mol. The van der Waals surface area contributed by atoms with Gasteiger partial charge in [0.25, 0.3) is 5.69 Å². The molecule has 0 radical (unpaired) electrons. The summed E-state index contributed by atoms with van der Waals surface area (Å²) in [5.74, 6) is -0.131. The van der Waals surface area contributed by atoms with Crippen molar-refractivity contribution in [1.82, 2.24) is 9.88 Å². The molecule has 0 unspecified atom stereocenters. The molecule has 0 saturated carbocycles. The molecule has 26 heavy (non-hydrogen) atoms. The molecule has 0 atom stereocenters. The van der Waals surface area contributed by atoms with Gasteiger partial charge in [-0.1, -0.05) is 48.5 Å². The van der Waals surface area contributed by atoms with Crippen LogP contribution in [0, 0.1) is 10.1 Å². The number of rotatable bonds is 6. The van der Waals surface area contributed by atoms with Crippen LogP contribution in [0.1, 0.15) is 11.3 Å². The van der Waals surface area contributed by atoms with Crippen LogP contribution < -0.4 is 0 Å². The first-order chi connectivity index (χ1) is 12.5. The first-order valence-corrected chi connectivity index (χ1v) is 8.88. The maximum atomic E-state index is 12.5. The second-order valence-electron chi connectivity index (χ2n) is 5.82. The summed E-state index contributed by atoms with van der Waals surface area (Å²) >= 11 is 1.50. The van der Waals surface area contributed by atoms with Crippen LogP contribution >= 0.6 is 11.3 Å². The minimum atomic E-state index is -0.430. The Balaban J connectivity index is 1.67. The third-order valence-corrected chi connectivity index (χ3v) is 4.87. The van der Waals surface area contributed by atoms with Gasteiger partial charge in [0.15, 0.2) is 0 Å². The van der Waals surface area contributed by atoms with Gasteiger partial charge in [0.1, 0.15) is 5.01 Å². The van der Waals surface area contributed by atoms with Crippen molar-refractivity contribution in [2.45, 2.75) is 13.0 Å². The van der Waals surface area contributed by atoms with Gasteiger partial charge in [0.05, 0.1) is 23.6 Å². The second-order valence-corrected chi connectivity index (χ2v) is 6.68. The molecule has 0 N–H and O–H groups in total. The number of aromatic nitrogens is 1. The molecule has 2 aromatic carbocycles. The van der Waals surface area contributed by atoms with Crippen molar-refractivity contribution in [3.63, 3.8) is 0 Å². The van der Waals surface area contributed by atoms with Crippen LogP contribution in [0.2, 0.25) is 0 Å². The highest BCUT2D eigenvalue weighted by molar-refractivity contribution is 7.13. The SMILES string of the molecule is CN(Cc1ccccc1[N+](=O)[O-])C(=O)Cc1csc(-c2ccccc2)n1. The van der Waals surface area contributed by atoms with Crippen molar-refractivity contribution < 1.29 is 9.72 Å². The van der Waals surface area contributed by atoms with E-state index in [4.69, 9.17) is 0 Å². The summed E-state index contributed by atoms with van der Waals surface area (Å²) < 4.78 is 0. The van der Waals surface area contributed by atoms with E-state index in [2.05, 4.69) is 4.98 Å². The quantitative estimate of drug-likeness (QED) is 0.489. The highest BCUT2D eigenvalue weighted by atomic mass is 32.1. The van der Waals surface area contributed by atoms with Gasteiger partial charge in [-0.15, -0.1) is 11.3 Å². The molecule has 0 saturated heterocycles. The smallest absolute Gasteiger partial charge is 0.274 e.